The number of hydrogen-bond acceptors (Lipinski definition) is 0. The van der Waals surface area contributed by atoms with Gasteiger partial charge in [0.05, 0.1) is 0 Å². The average Bonchev–Trinajstić information content (AvgIpc) is 2.37. The molecule has 0 radical (unpaired) electrons. The maximum absolute atomic E-state index is 2.21. The van der Waals surface area contributed by atoms with Crippen LogP contribution in [0, 0.1) is 20.8 Å². The van der Waals surface area contributed by atoms with Crippen LogP contribution in [0.15, 0.2) is 42.5 Å². The minimum absolute atomic E-state index is 1.16. The van der Waals surface area contributed by atoms with Crippen LogP contribution in [0.2, 0.25) is 0 Å². The third-order valence-corrected chi connectivity index (χ3v) is 3.25. The molecule has 0 N–H and O–H groups in total. The van der Waals surface area contributed by atoms with Gasteiger partial charge in [0, 0.05) is 0 Å². The highest BCUT2D eigenvalue weighted by atomic mass is 14.0. The van der Waals surface area contributed by atoms with Crippen molar-refractivity contribution < 1.29 is 0 Å². The van der Waals surface area contributed by atoms with E-state index in [1.54, 1.807) is 0 Å². The van der Waals surface area contributed by atoms with Gasteiger partial charge in [0.2, 0.25) is 0 Å². The molecule has 0 saturated heterocycles. The SMILES string of the molecule is CCc1ccccc1CC.Cc1cc(C)cc(C)c1. The topological polar surface area (TPSA) is 0 Å². The molecular weight excluding hydrogens is 228 g/mol. The molecule has 0 bridgehead atoms. The van der Waals surface area contributed by atoms with Crippen LogP contribution in [0.5, 0.6) is 0 Å². The van der Waals surface area contributed by atoms with Gasteiger partial charge in [-0.05, 0) is 44.7 Å². The summed E-state index contributed by atoms with van der Waals surface area (Å²) in [6.45, 7) is 10.8. The van der Waals surface area contributed by atoms with E-state index in [4.69, 9.17) is 0 Å². The van der Waals surface area contributed by atoms with E-state index in [9.17, 15) is 0 Å². The lowest BCUT2D eigenvalue weighted by atomic mass is 10.0. The molecular formula is C19H26. The van der Waals surface area contributed by atoms with Gasteiger partial charge in [0.25, 0.3) is 0 Å². The van der Waals surface area contributed by atoms with Crippen LogP contribution in [0.4, 0.5) is 0 Å². The van der Waals surface area contributed by atoms with Crippen LogP contribution in [0.3, 0.4) is 0 Å². The van der Waals surface area contributed by atoms with E-state index in [-0.39, 0.29) is 0 Å². The molecule has 0 aliphatic rings. The lowest BCUT2D eigenvalue weighted by molar-refractivity contribution is 1.04. The predicted octanol–water partition coefficient (Wildman–Crippen LogP) is 5.42. The third kappa shape index (κ3) is 5.30. The number of aryl methyl sites for hydroxylation is 5. The Bertz CT molecular complexity index is 436. The Balaban J connectivity index is 0.000000191. The normalized spacial score (nSPS) is 9.74. The van der Waals surface area contributed by atoms with Gasteiger partial charge in [-0.25, -0.2) is 0 Å². The minimum Gasteiger partial charge on any atom is -0.0620 e. The fourth-order valence-electron chi connectivity index (χ4n) is 2.45. The summed E-state index contributed by atoms with van der Waals surface area (Å²) in [6, 6.07) is 15.2. The quantitative estimate of drug-likeness (QED) is 0.671. The Morgan fingerprint density at radius 2 is 0.947 bits per heavy atom. The summed E-state index contributed by atoms with van der Waals surface area (Å²) in [5.74, 6) is 0. The molecule has 0 fully saturated rings. The first kappa shape index (κ1) is 15.5. The minimum atomic E-state index is 1.16. The Labute approximate surface area is 118 Å². The second kappa shape index (κ2) is 7.78. The van der Waals surface area contributed by atoms with E-state index in [0.29, 0.717) is 0 Å². The average molecular weight is 254 g/mol. The molecule has 0 aliphatic heterocycles. The molecule has 2 aromatic rings. The fourth-order valence-corrected chi connectivity index (χ4v) is 2.45. The van der Waals surface area contributed by atoms with E-state index in [1.807, 2.05) is 0 Å². The summed E-state index contributed by atoms with van der Waals surface area (Å²) >= 11 is 0. The highest BCUT2D eigenvalue weighted by Crippen LogP contribution is 2.09. The molecule has 19 heavy (non-hydrogen) atoms. The summed E-state index contributed by atoms with van der Waals surface area (Å²) in [7, 11) is 0. The van der Waals surface area contributed by atoms with Crippen molar-refractivity contribution in [1.82, 2.24) is 0 Å². The van der Waals surface area contributed by atoms with Gasteiger partial charge in [-0.1, -0.05) is 73.0 Å². The van der Waals surface area contributed by atoms with E-state index in [1.165, 1.54) is 27.8 Å². The fraction of sp³-hybridized carbons (Fsp3) is 0.368. The Morgan fingerprint density at radius 1 is 0.632 bits per heavy atom. The van der Waals surface area contributed by atoms with Crippen LogP contribution in [0.25, 0.3) is 0 Å². The largest absolute Gasteiger partial charge is 0.0620 e. The van der Waals surface area contributed by atoms with E-state index in [0.717, 1.165) is 12.8 Å². The van der Waals surface area contributed by atoms with Gasteiger partial charge < -0.3 is 0 Å². The first-order valence-corrected chi connectivity index (χ1v) is 7.18. The van der Waals surface area contributed by atoms with Crippen molar-refractivity contribution >= 4 is 0 Å². The monoisotopic (exact) mass is 254 g/mol. The molecule has 0 unspecified atom stereocenters. The zero-order chi connectivity index (χ0) is 14.3. The summed E-state index contributed by atoms with van der Waals surface area (Å²) in [4.78, 5) is 0. The molecule has 0 nitrogen and oxygen atoms in total. The van der Waals surface area contributed by atoms with E-state index in [2.05, 4.69) is 77.1 Å². The van der Waals surface area contributed by atoms with E-state index < -0.39 is 0 Å². The first-order chi connectivity index (χ1) is 9.06. The van der Waals surface area contributed by atoms with Crippen molar-refractivity contribution in [1.29, 1.82) is 0 Å². The highest BCUT2D eigenvalue weighted by molar-refractivity contribution is 5.27. The van der Waals surface area contributed by atoms with Crippen molar-refractivity contribution in [3.8, 4) is 0 Å². The van der Waals surface area contributed by atoms with E-state index >= 15 is 0 Å². The van der Waals surface area contributed by atoms with Gasteiger partial charge >= 0.3 is 0 Å². The molecule has 0 amide bonds. The molecule has 0 saturated carbocycles. The Morgan fingerprint density at radius 3 is 1.21 bits per heavy atom. The molecule has 0 heteroatoms. The number of rotatable bonds is 2. The van der Waals surface area contributed by atoms with Crippen molar-refractivity contribution in [3.05, 3.63) is 70.3 Å². The summed E-state index contributed by atoms with van der Waals surface area (Å²) in [5.41, 5.74) is 7.04. The van der Waals surface area contributed by atoms with Crippen molar-refractivity contribution in [2.75, 3.05) is 0 Å². The molecule has 0 spiro atoms. The van der Waals surface area contributed by atoms with Crippen LogP contribution < -0.4 is 0 Å². The zero-order valence-electron chi connectivity index (χ0n) is 13.0. The predicted molar refractivity (Wildman–Crippen MR) is 85.9 cm³/mol. The second-order valence-electron chi connectivity index (χ2n) is 5.14. The van der Waals surface area contributed by atoms with Crippen LogP contribution in [-0.2, 0) is 12.8 Å². The van der Waals surface area contributed by atoms with Gasteiger partial charge in [-0.3, -0.25) is 0 Å². The summed E-state index contributed by atoms with van der Waals surface area (Å²) < 4.78 is 0. The third-order valence-electron chi connectivity index (χ3n) is 3.25. The summed E-state index contributed by atoms with van der Waals surface area (Å²) in [5, 5.41) is 0. The molecule has 0 atom stereocenters. The summed E-state index contributed by atoms with van der Waals surface area (Å²) in [6.07, 6.45) is 2.31. The molecule has 102 valence electrons. The van der Waals surface area contributed by atoms with Crippen molar-refractivity contribution in [2.45, 2.75) is 47.5 Å². The smallest absolute Gasteiger partial charge is 0.0305 e. The van der Waals surface area contributed by atoms with Crippen LogP contribution in [-0.4, -0.2) is 0 Å². The Hall–Kier alpha value is -1.56. The molecule has 2 aromatic carbocycles. The maximum Gasteiger partial charge on any atom is -0.0305 e. The molecule has 0 aromatic heterocycles. The maximum atomic E-state index is 2.21. The standard InChI is InChI=1S/C10H14.C9H12/c1-3-9-7-5-6-8-10(9)4-2;1-7-4-8(2)6-9(3)5-7/h5-8H,3-4H2,1-2H3;4-6H,1-3H3. The van der Waals surface area contributed by atoms with Gasteiger partial charge in [-0.2, -0.15) is 0 Å². The number of hydrogen-bond donors (Lipinski definition) is 0. The van der Waals surface area contributed by atoms with Gasteiger partial charge in [0.15, 0.2) is 0 Å². The van der Waals surface area contributed by atoms with Crippen molar-refractivity contribution in [2.24, 2.45) is 0 Å². The van der Waals surface area contributed by atoms with Crippen LogP contribution >= 0.6 is 0 Å². The lowest BCUT2D eigenvalue weighted by Gasteiger charge is -2.02. The molecule has 0 aliphatic carbocycles. The lowest BCUT2D eigenvalue weighted by Crippen LogP contribution is -1.88. The Kier molecular flexibility index (Phi) is 6.35. The van der Waals surface area contributed by atoms with Crippen molar-refractivity contribution in [3.63, 3.8) is 0 Å². The highest BCUT2D eigenvalue weighted by Gasteiger charge is 1.93. The van der Waals surface area contributed by atoms with Gasteiger partial charge in [-0.15, -0.1) is 0 Å². The molecule has 2 rings (SSSR count). The zero-order valence-corrected chi connectivity index (χ0v) is 13.0. The second-order valence-corrected chi connectivity index (χ2v) is 5.14. The first-order valence-electron chi connectivity index (χ1n) is 7.18. The van der Waals surface area contributed by atoms with Crippen LogP contribution in [0.1, 0.15) is 41.7 Å². The molecule has 0 heterocycles. The van der Waals surface area contributed by atoms with Gasteiger partial charge in [0.1, 0.15) is 0 Å². The number of benzene rings is 2.